The second kappa shape index (κ2) is 8.57. The SMILES string of the molecule is CN(C)C1CCN(C(=O)Nc2cc(Oc3ccc([N+](=O)[O-])c4ccccc34)ccn2)C1. The van der Waals surface area contributed by atoms with Crippen molar-refractivity contribution in [1.82, 2.24) is 14.8 Å². The summed E-state index contributed by atoms with van der Waals surface area (Å²) in [6, 6.07) is 13.5. The van der Waals surface area contributed by atoms with Crippen molar-refractivity contribution in [3.63, 3.8) is 0 Å². The van der Waals surface area contributed by atoms with Crippen LogP contribution in [0.3, 0.4) is 0 Å². The number of likely N-dealkylation sites (N-methyl/N-ethyl adjacent to an activating group) is 1. The lowest BCUT2D eigenvalue weighted by Crippen LogP contribution is -2.36. The number of carbonyl (C=O) groups is 1. The number of carbonyl (C=O) groups excluding carboxylic acids is 1. The molecule has 1 aliphatic rings. The van der Waals surface area contributed by atoms with Crippen molar-refractivity contribution in [3.8, 4) is 11.5 Å². The number of hydrogen-bond donors (Lipinski definition) is 1. The standard InChI is InChI=1S/C22H23N5O4/c1-25(2)15-10-12-26(14-15)22(28)24-21-13-16(9-11-23-21)31-20-8-7-19(27(29)30)17-5-3-4-6-18(17)20/h3-9,11,13,15H,10,12,14H2,1-2H3,(H,23,24,28). The maximum absolute atomic E-state index is 12.6. The molecule has 1 aromatic heterocycles. The molecule has 1 atom stereocenters. The maximum atomic E-state index is 12.6. The molecule has 2 amide bonds. The number of aromatic nitrogens is 1. The van der Waals surface area contributed by atoms with Crippen LogP contribution in [0.4, 0.5) is 16.3 Å². The highest BCUT2D eigenvalue weighted by Crippen LogP contribution is 2.35. The Hall–Kier alpha value is -3.72. The summed E-state index contributed by atoms with van der Waals surface area (Å²) in [4.78, 5) is 31.6. The van der Waals surface area contributed by atoms with E-state index in [0.717, 1.165) is 6.42 Å². The molecule has 9 nitrogen and oxygen atoms in total. The molecule has 31 heavy (non-hydrogen) atoms. The van der Waals surface area contributed by atoms with Gasteiger partial charge in [0, 0.05) is 42.8 Å². The van der Waals surface area contributed by atoms with Crippen LogP contribution in [0.15, 0.2) is 54.7 Å². The quantitative estimate of drug-likeness (QED) is 0.492. The number of nitrogens with one attached hydrogen (secondary N) is 1. The Morgan fingerprint density at radius 2 is 2.00 bits per heavy atom. The molecule has 0 aliphatic carbocycles. The van der Waals surface area contributed by atoms with Gasteiger partial charge in [0.1, 0.15) is 17.3 Å². The van der Waals surface area contributed by atoms with Crippen LogP contribution in [0.2, 0.25) is 0 Å². The lowest BCUT2D eigenvalue weighted by Gasteiger charge is -2.20. The molecule has 9 heteroatoms. The molecular formula is C22H23N5O4. The number of benzene rings is 2. The maximum Gasteiger partial charge on any atom is 0.323 e. The number of nitro benzene ring substituents is 1. The fraction of sp³-hybridized carbons (Fsp3) is 0.273. The summed E-state index contributed by atoms with van der Waals surface area (Å²) in [5.74, 6) is 1.33. The first-order valence-electron chi connectivity index (χ1n) is 9.95. The number of non-ortho nitro benzene ring substituents is 1. The first-order valence-corrected chi connectivity index (χ1v) is 9.95. The molecule has 0 spiro atoms. The minimum absolute atomic E-state index is 0.0206. The number of pyridine rings is 1. The molecule has 160 valence electrons. The predicted molar refractivity (Wildman–Crippen MR) is 118 cm³/mol. The van der Waals surface area contributed by atoms with Crippen LogP contribution < -0.4 is 10.1 Å². The molecule has 1 N–H and O–H groups in total. The number of rotatable bonds is 5. The van der Waals surface area contributed by atoms with Crippen molar-refractivity contribution in [2.45, 2.75) is 12.5 Å². The highest BCUT2D eigenvalue weighted by atomic mass is 16.6. The van der Waals surface area contributed by atoms with E-state index in [-0.39, 0.29) is 11.7 Å². The lowest BCUT2D eigenvalue weighted by atomic mass is 10.1. The third-order valence-corrected chi connectivity index (χ3v) is 5.43. The largest absolute Gasteiger partial charge is 0.457 e. The molecule has 1 fully saturated rings. The first kappa shape index (κ1) is 20.5. The van der Waals surface area contributed by atoms with Crippen molar-refractivity contribution in [3.05, 3.63) is 64.8 Å². The fourth-order valence-corrected chi connectivity index (χ4v) is 3.71. The van der Waals surface area contributed by atoms with Crippen LogP contribution in [-0.2, 0) is 0 Å². The van der Waals surface area contributed by atoms with Gasteiger partial charge >= 0.3 is 6.03 Å². The zero-order chi connectivity index (χ0) is 22.0. The number of urea groups is 1. The molecular weight excluding hydrogens is 398 g/mol. The minimum atomic E-state index is -0.411. The number of nitrogens with zero attached hydrogens (tertiary/aromatic N) is 4. The Morgan fingerprint density at radius 1 is 1.23 bits per heavy atom. The molecule has 0 radical (unpaired) electrons. The average molecular weight is 421 g/mol. The van der Waals surface area contributed by atoms with Gasteiger partial charge in [0.15, 0.2) is 0 Å². The van der Waals surface area contributed by atoms with Gasteiger partial charge in [-0.1, -0.05) is 18.2 Å². The van der Waals surface area contributed by atoms with Gasteiger partial charge in [-0.25, -0.2) is 9.78 Å². The van der Waals surface area contributed by atoms with Crippen molar-refractivity contribution >= 4 is 28.3 Å². The van der Waals surface area contributed by atoms with Gasteiger partial charge in [-0.15, -0.1) is 0 Å². The number of amides is 2. The van der Waals surface area contributed by atoms with Crippen LogP contribution >= 0.6 is 0 Å². The summed E-state index contributed by atoms with van der Waals surface area (Å²) in [6.07, 6.45) is 2.48. The number of hydrogen-bond acceptors (Lipinski definition) is 6. The summed E-state index contributed by atoms with van der Waals surface area (Å²) in [5, 5.41) is 15.3. The average Bonchev–Trinajstić information content (AvgIpc) is 3.25. The van der Waals surface area contributed by atoms with E-state index in [1.165, 1.54) is 6.07 Å². The number of anilines is 1. The molecule has 0 saturated carbocycles. The van der Waals surface area contributed by atoms with Crippen molar-refractivity contribution in [1.29, 1.82) is 0 Å². The van der Waals surface area contributed by atoms with Crippen molar-refractivity contribution in [2.75, 3.05) is 32.5 Å². The van der Waals surface area contributed by atoms with Crippen LogP contribution in [0, 0.1) is 10.1 Å². The van der Waals surface area contributed by atoms with E-state index in [1.807, 2.05) is 14.1 Å². The second-order valence-electron chi connectivity index (χ2n) is 7.65. The monoisotopic (exact) mass is 421 g/mol. The molecule has 2 aromatic carbocycles. The smallest absolute Gasteiger partial charge is 0.323 e. The number of nitro groups is 1. The van der Waals surface area contributed by atoms with Gasteiger partial charge in [0.05, 0.1) is 10.3 Å². The van der Waals surface area contributed by atoms with Gasteiger partial charge in [-0.05, 0) is 38.7 Å². The second-order valence-corrected chi connectivity index (χ2v) is 7.65. The van der Waals surface area contributed by atoms with Crippen LogP contribution in [0.25, 0.3) is 10.8 Å². The summed E-state index contributed by atoms with van der Waals surface area (Å²) < 4.78 is 5.99. The van der Waals surface area contributed by atoms with Crippen LogP contribution in [0.5, 0.6) is 11.5 Å². The zero-order valence-electron chi connectivity index (χ0n) is 17.3. The summed E-state index contributed by atoms with van der Waals surface area (Å²) >= 11 is 0. The van der Waals surface area contributed by atoms with E-state index in [4.69, 9.17) is 4.74 Å². The molecule has 3 aromatic rings. The summed E-state index contributed by atoms with van der Waals surface area (Å²) in [7, 11) is 4.02. The fourth-order valence-electron chi connectivity index (χ4n) is 3.71. The highest BCUT2D eigenvalue weighted by molar-refractivity contribution is 5.95. The van der Waals surface area contributed by atoms with E-state index in [9.17, 15) is 14.9 Å². The Balaban J connectivity index is 1.52. The van der Waals surface area contributed by atoms with Crippen molar-refractivity contribution < 1.29 is 14.5 Å². The minimum Gasteiger partial charge on any atom is -0.457 e. The van der Waals surface area contributed by atoms with Gasteiger partial charge < -0.3 is 14.5 Å². The molecule has 0 bridgehead atoms. The number of likely N-dealkylation sites (tertiary alicyclic amines) is 1. The molecule has 1 aliphatic heterocycles. The highest BCUT2D eigenvalue weighted by Gasteiger charge is 2.27. The summed E-state index contributed by atoms with van der Waals surface area (Å²) in [5.41, 5.74) is 0.0206. The molecule has 4 rings (SSSR count). The third-order valence-electron chi connectivity index (χ3n) is 5.43. The topological polar surface area (TPSA) is 101 Å². The van der Waals surface area contributed by atoms with E-state index in [0.29, 0.717) is 47.2 Å². The first-order chi connectivity index (χ1) is 14.9. The van der Waals surface area contributed by atoms with Gasteiger partial charge in [0.25, 0.3) is 5.69 Å². The van der Waals surface area contributed by atoms with Gasteiger partial charge in [-0.3, -0.25) is 15.4 Å². The normalized spacial score (nSPS) is 16.0. The molecule has 1 unspecified atom stereocenters. The predicted octanol–water partition coefficient (Wildman–Crippen LogP) is 4.10. The molecule has 2 heterocycles. The van der Waals surface area contributed by atoms with E-state index in [1.54, 1.807) is 53.6 Å². The van der Waals surface area contributed by atoms with Gasteiger partial charge in [0.2, 0.25) is 0 Å². The Kier molecular flexibility index (Phi) is 5.68. The van der Waals surface area contributed by atoms with Gasteiger partial charge in [-0.2, -0.15) is 0 Å². The number of ether oxygens (including phenoxy) is 1. The van der Waals surface area contributed by atoms with E-state index >= 15 is 0 Å². The Morgan fingerprint density at radius 3 is 2.71 bits per heavy atom. The Bertz CT molecular complexity index is 1130. The van der Waals surface area contributed by atoms with E-state index < -0.39 is 4.92 Å². The third kappa shape index (κ3) is 4.41. The summed E-state index contributed by atoms with van der Waals surface area (Å²) in [6.45, 7) is 1.36. The van der Waals surface area contributed by atoms with Crippen molar-refractivity contribution in [2.24, 2.45) is 0 Å². The Labute approximate surface area is 179 Å². The van der Waals surface area contributed by atoms with Crippen LogP contribution in [0.1, 0.15) is 6.42 Å². The zero-order valence-corrected chi connectivity index (χ0v) is 17.3. The van der Waals surface area contributed by atoms with Crippen LogP contribution in [-0.4, -0.2) is 59.0 Å². The molecule has 1 saturated heterocycles. The number of fused-ring (bicyclic) bond motifs is 1. The van der Waals surface area contributed by atoms with E-state index in [2.05, 4.69) is 15.2 Å². The lowest BCUT2D eigenvalue weighted by molar-refractivity contribution is -0.383.